The van der Waals surface area contributed by atoms with Crippen molar-refractivity contribution in [2.24, 2.45) is 5.92 Å². The normalized spacial score (nSPS) is 19.9. The smallest absolute Gasteiger partial charge is 0.315 e. The number of hydrogen-bond acceptors (Lipinski definition) is 4. The van der Waals surface area contributed by atoms with Gasteiger partial charge in [0, 0.05) is 25.6 Å². The number of rotatable bonds is 4. The van der Waals surface area contributed by atoms with Crippen LogP contribution in [0.25, 0.3) is 0 Å². The maximum atomic E-state index is 11.7. The van der Waals surface area contributed by atoms with E-state index in [0.717, 1.165) is 36.7 Å². The highest BCUT2D eigenvalue weighted by atomic mass is 16.7. The molecule has 2 N–H and O–H groups in total. The summed E-state index contributed by atoms with van der Waals surface area (Å²) in [4.78, 5) is 11.7. The van der Waals surface area contributed by atoms with E-state index in [1.807, 2.05) is 18.2 Å². The highest BCUT2D eigenvalue weighted by Crippen LogP contribution is 2.32. The summed E-state index contributed by atoms with van der Waals surface area (Å²) in [5, 5.41) is 5.69. The van der Waals surface area contributed by atoms with Gasteiger partial charge in [0.05, 0.1) is 6.61 Å². The van der Waals surface area contributed by atoms with Crippen LogP contribution in [-0.2, 0) is 11.3 Å². The fourth-order valence-electron chi connectivity index (χ4n) is 2.28. The molecule has 2 aliphatic heterocycles. The van der Waals surface area contributed by atoms with E-state index in [-0.39, 0.29) is 12.8 Å². The SMILES string of the molecule is O=C(NCc1ccc2c(c1)OCO2)NC[C@@H]1CCOC1. The van der Waals surface area contributed by atoms with E-state index < -0.39 is 0 Å². The molecule has 1 atom stereocenters. The van der Waals surface area contributed by atoms with Crippen LogP contribution in [0.3, 0.4) is 0 Å². The van der Waals surface area contributed by atoms with E-state index in [4.69, 9.17) is 14.2 Å². The fraction of sp³-hybridized carbons (Fsp3) is 0.500. The molecule has 0 spiro atoms. The minimum atomic E-state index is -0.158. The summed E-state index contributed by atoms with van der Waals surface area (Å²) in [5.41, 5.74) is 0.980. The number of fused-ring (bicyclic) bond motifs is 1. The number of ether oxygens (including phenoxy) is 3. The molecule has 2 heterocycles. The molecule has 6 nitrogen and oxygen atoms in total. The van der Waals surface area contributed by atoms with Crippen molar-refractivity contribution in [2.75, 3.05) is 26.6 Å². The Hall–Kier alpha value is -1.95. The third-order valence-electron chi connectivity index (χ3n) is 3.47. The molecule has 1 fully saturated rings. The van der Waals surface area contributed by atoms with Crippen molar-refractivity contribution in [3.8, 4) is 11.5 Å². The van der Waals surface area contributed by atoms with E-state index >= 15 is 0 Å². The molecule has 0 saturated carbocycles. The van der Waals surface area contributed by atoms with Crippen molar-refractivity contribution in [3.05, 3.63) is 23.8 Å². The topological polar surface area (TPSA) is 68.8 Å². The van der Waals surface area contributed by atoms with Gasteiger partial charge in [-0.15, -0.1) is 0 Å². The van der Waals surface area contributed by atoms with E-state index in [1.54, 1.807) is 0 Å². The van der Waals surface area contributed by atoms with Gasteiger partial charge in [0.2, 0.25) is 6.79 Å². The Morgan fingerprint density at radius 1 is 1.25 bits per heavy atom. The summed E-state index contributed by atoms with van der Waals surface area (Å²) < 4.78 is 15.8. The molecule has 0 radical (unpaired) electrons. The van der Waals surface area contributed by atoms with Crippen molar-refractivity contribution in [3.63, 3.8) is 0 Å². The van der Waals surface area contributed by atoms with Gasteiger partial charge in [-0.2, -0.15) is 0 Å². The lowest BCUT2D eigenvalue weighted by atomic mass is 10.1. The number of urea groups is 1. The number of benzene rings is 1. The minimum Gasteiger partial charge on any atom is -0.454 e. The first kappa shape index (κ1) is 13.1. The molecule has 2 amide bonds. The van der Waals surface area contributed by atoms with Crippen LogP contribution in [0.1, 0.15) is 12.0 Å². The second-order valence-corrected chi connectivity index (χ2v) is 4.98. The van der Waals surface area contributed by atoms with Crippen molar-refractivity contribution in [1.82, 2.24) is 10.6 Å². The number of carbonyl (C=O) groups is 1. The summed E-state index contributed by atoms with van der Waals surface area (Å²) in [5.74, 6) is 1.92. The van der Waals surface area contributed by atoms with Gasteiger partial charge >= 0.3 is 6.03 Å². The molecule has 1 aromatic rings. The molecule has 0 aliphatic carbocycles. The first-order chi connectivity index (χ1) is 9.81. The van der Waals surface area contributed by atoms with Gasteiger partial charge < -0.3 is 24.8 Å². The molecular weight excluding hydrogens is 260 g/mol. The maximum Gasteiger partial charge on any atom is 0.315 e. The Balaban J connectivity index is 1.43. The van der Waals surface area contributed by atoms with Gasteiger partial charge in [-0.05, 0) is 24.1 Å². The molecule has 108 valence electrons. The van der Waals surface area contributed by atoms with Crippen molar-refractivity contribution in [2.45, 2.75) is 13.0 Å². The first-order valence-corrected chi connectivity index (χ1v) is 6.79. The fourth-order valence-corrected chi connectivity index (χ4v) is 2.28. The Kier molecular flexibility index (Phi) is 3.92. The Morgan fingerprint density at radius 2 is 2.15 bits per heavy atom. The number of hydrogen-bond donors (Lipinski definition) is 2. The summed E-state index contributed by atoms with van der Waals surface area (Å²) in [6, 6.07) is 5.49. The summed E-state index contributed by atoms with van der Waals surface area (Å²) in [6.07, 6.45) is 1.02. The van der Waals surface area contributed by atoms with Crippen molar-refractivity contribution >= 4 is 6.03 Å². The predicted molar refractivity (Wildman–Crippen MR) is 71.7 cm³/mol. The molecule has 0 bridgehead atoms. The van der Waals surface area contributed by atoms with Crippen LogP contribution in [0.5, 0.6) is 11.5 Å². The molecule has 3 rings (SSSR count). The van der Waals surface area contributed by atoms with Gasteiger partial charge in [-0.3, -0.25) is 0 Å². The lowest BCUT2D eigenvalue weighted by molar-refractivity contribution is 0.174. The van der Waals surface area contributed by atoms with E-state index in [2.05, 4.69) is 10.6 Å². The first-order valence-electron chi connectivity index (χ1n) is 6.79. The van der Waals surface area contributed by atoms with Crippen LogP contribution in [0.15, 0.2) is 18.2 Å². The number of carbonyl (C=O) groups excluding carboxylic acids is 1. The third kappa shape index (κ3) is 3.14. The Bertz CT molecular complexity index is 486. The standard InChI is InChI=1S/C14H18N2O4/c17-14(16-7-11-3-4-18-8-11)15-6-10-1-2-12-13(5-10)20-9-19-12/h1-2,5,11H,3-4,6-9H2,(H2,15,16,17)/t11-/m0/s1. The molecule has 6 heteroatoms. The Labute approximate surface area is 117 Å². The minimum absolute atomic E-state index is 0.158. The van der Waals surface area contributed by atoms with E-state index in [1.165, 1.54) is 0 Å². The third-order valence-corrected chi connectivity index (χ3v) is 3.47. The molecule has 1 aromatic carbocycles. The second-order valence-electron chi connectivity index (χ2n) is 4.98. The zero-order valence-electron chi connectivity index (χ0n) is 11.2. The van der Waals surface area contributed by atoms with Crippen LogP contribution in [-0.4, -0.2) is 32.6 Å². The van der Waals surface area contributed by atoms with Crippen LogP contribution in [0, 0.1) is 5.92 Å². The highest BCUT2D eigenvalue weighted by Gasteiger charge is 2.16. The van der Waals surface area contributed by atoms with Gasteiger partial charge in [0.1, 0.15) is 0 Å². The largest absolute Gasteiger partial charge is 0.454 e. The van der Waals surface area contributed by atoms with Crippen LogP contribution in [0.4, 0.5) is 4.79 Å². The monoisotopic (exact) mass is 278 g/mol. The molecule has 1 saturated heterocycles. The Morgan fingerprint density at radius 3 is 3.00 bits per heavy atom. The quantitative estimate of drug-likeness (QED) is 0.869. The zero-order valence-corrected chi connectivity index (χ0v) is 11.2. The van der Waals surface area contributed by atoms with Crippen molar-refractivity contribution < 1.29 is 19.0 Å². The van der Waals surface area contributed by atoms with Gasteiger partial charge in [0.25, 0.3) is 0 Å². The number of amides is 2. The summed E-state index contributed by atoms with van der Waals surface area (Å²) in [6.45, 7) is 2.92. The average Bonchev–Trinajstić information content (AvgIpc) is 3.13. The zero-order chi connectivity index (χ0) is 13.8. The van der Waals surface area contributed by atoms with Gasteiger partial charge in [0.15, 0.2) is 11.5 Å². The predicted octanol–water partition coefficient (Wildman–Crippen LogP) is 1.25. The molecule has 0 unspecified atom stereocenters. The second kappa shape index (κ2) is 6.00. The highest BCUT2D eigenvalue weighted by molar-refractivity contribution is 5.73. The van der Waals surface area contributed by atoms with Crippen LogP contribution in [0.2, 0.25) is 0 Å². The van der Waals surface area contributed by atoms with Gasteiger partial charge in [-0.25, -0.2) is 4.79 Å². The maximum absolute atomic E-state index is 11.7. The van der Waals surface area contributed by atoms with E-state index in [0.29, 0.717) is 19.0 Å². The molecule has 0 aromatic heterocycles. The average molecular weight is 278 g/mol. The van der Waals surface area contributed by atoms with E-state index in [9.17, 15) is 4.79 Å². The van der Waals surface area contributed by atoms with Crippen molar-refractivity contribution in [1.29, 1.82) is 0 Å². The lowest BCUT2D eigenvalue weighted by Gasteiger charge is -2.11. The number of nitrogens with one attached hydrogen (secondary N) is 2. The lowest BCUT2D eigenvalue weighted by Crippen LogP contribution is -2.38. The molecular formula is C14H18N2O4. The molecule has 2 aliphatic rings. The van der Waals surface area contributed by atoms with Crippen LogP contribution < -0.4 is 20.1 Å². The molecule has 20 heavy (non-hydrogen) atoms. The summed E-state index contributed by atoms with van der Waals surface area (Å²) >= 11 is 0. The van der Waals surface area contributed by atoms with Gasteiger partial charge in [-0.1, -0.05) is 6.07 Å². The summed E-state index contributed by atoms with van der Waals surface area (Å²) in [7, 11) is 0. The van der Waals surface area contributed by atoms with Crippen LogP contribution >= 0.6 is 0 Å².